The maximum Gasteiger partial charge on any atom is 0.247 e. The molecule has 1 aliphatic rings. The van der Waals surface area contributed by atoms with E-state index in [0.29, 0.717) is 25.1 Å². The van der Waals surface area contributed by atoms with Crippen molar-refractivity contribution in [2.45, 2.75) is 45.6 Å². The summed E-state index contributed by atoms with van der Waals surface area (Å²) in [5.74, 6) is -0.180. The van der Waals surface area contributed by atoms with E-state index in [4.69, 9.17) is 0 Å². The third kappa shape index (κ3) is 4.13. The highest BCUT2D eigenvalue weighted by Gasteiger charge is 2.31. The number of hydrogen-bond donors (Lipinski definition) is 1. The Bertz CT molecular complexity index is 612. The minimum Gasteiger partial charge on any atom is -0.331 e. The van der Waals surface area contributed by atoms with Crippen LogP contribution in [0.1, 0.15) is 39.5 Å². The van der Waals surface area contributed by atoms with Crippen molar-refractivity contribution in [2.75, 3.05) is 23.8 Å². The van der Waals surface area contributed by atoms with Crippen molar-refractivity contribution in [2.24, 2.45) is 0 Å². The second-order valence-electron chi connectivity index (χ2n) is 6.07. The van der Waals surface area contributed by atoms with Crippen molar-refractivity contribution < 1.29 is 14.4 Å². The van der Waals surface area contributed by atoms with Crippen LogP contribution in [0.15, 0.2) is 24.3 Å². The highest BCUT2D eigenvalue weighted by atomic mass is 16.2. The Morgan fingerprint density at radius 3 is 2.46 bits per heavy atom. The fourth-order valence-electron chi connectivity index (χ4n) is 2.88. The van der Waals surface area contributed by atoms with Crippen molar-refractivity contribution in [1.82, 2.24) is 4.90 Å². The van der Waals surface area contributed by atoms with Gasteiger partial charge in [0.2, 0.25) is 17.7 Å². The lowest BCUT2D eigenvalue weighted by Gasteiger charge is -2.34. The zero-order valence-electron chi connectivity index (χ0n) is 14.5. The lowest BCUT2D eigenvalue weighted by molar-refractivity contribution is -0.140. The average Bonchev–Trinajstić information content (AvgIpc) is 2.60. The number of nitrogens with one attached hydrogen (secondary N) is 1. The second-order valence-corrected chi connectivity index (χ2v) is 6.07. The van der Waals surface area contributed by atoms with E-state index in [-0.39, 0.29) is 17.7 Å². The van der Waals surface area contributed by atoms with Crippen molar-refractivity contribution in [3.63, 3.8) is 0 Å². The third-order valence-corrected chi connectivity index (χ3v) is 4.42. The molecule has 0 bridgehead atoms. The predicted octanol–water partition coefficient (Wildman–Crippen LogP) is 2.40. The Morgan fingerprint density at radius 2 is 1.88 bits per heavy atom. The molecule has 1 fully saturated rings. The topological polar surface area (TPSA) is 69.7 Å². The molecule has 1 heterocycles. The van der Waals surface area contributed by atoms with Crippen LogP contribution in [0, 0.1) is 0 Å². The summed E-state index contributed by atoms with van der Waals surface area (Å²) in [4.78, 5) is 39.2. The molecule has 0 saturated carbocycles. The summed E-state index contributed by atoms with van der Waals surface area (Å²) in [5.41, 5.74) is 1.43. The van der Waals surface area contributed by atoms with Gasteiger partial charge in [-0.25, -0.2) is 0 Å². The largest absolute Gasteiger partial charge is 0.331 e. The Labute approximate surface area is 142 Å². The van der Waals surface area contributed by atoms with Crippen LogP contribution in [0.25, 0.3) is 0 Å². The first-order valence-corrected chi connectivity index (χ1v) is 8.38. The summed E-state index contributed by atoms with van der Waals surface area (Å²) < 4.78 is 0. The van der Waals surface area contributed by atoms with Crippen LogP contribution in [0.5, 0.6) is 0 Å². The summed E-state index contributed by atoms with van der Waals surface area (Å²) in [6.07, 6.45) is 3.01. The van der Waals surface area contributed by atoms with Crippen LogP contribution in [-0.4, -0.2) is 42.3 Å². The molecular weight excluding hydrogens is 306 g/mol. The fourth-order valence-corrected chi connectivity index (χ4v) is 2.88. The van der Waals surface area contributed by atoms with Crippen LogP contribution in [0.3, 0.4) is 0 Å². The minimum absolute atomic E-state index is 0.0216. The first-order valence-electron chi connectivity index (χ1n) is 8.38. The standard InChI is InChI=1S/C18H25N3O3/c1-4-17(23)21-12-6-5-7-16(21)18(24)19-14-8-10-15(11-9-14)20(3)13(2)22/h8-11,16H,4-7,12H2,1-3H3,(H,19,24). The van der Waals surface area contributed by atoms with Gasteiger partial charge in [0.05, 0.1) is 0 Å². The Balaban J connectivity index is 2.05. The molecule has 1 N–H and O–H groups in total. The van der Waals surface area contributed by atoms with Crippen molar-refractivity contribution in [1.29, 1.82) is 0 Å². The van der Waals surface area contributed by atoms with Gasteiger partial charge in [-0.1, -0.05) is 6.92 Å². The molecule has 1 saturated heterocycles. The van der Waals surface area contributed by atoms with Crippen molar-refractivity contribution >= 4 is 29.1 Å². The SMILES string of the molecule is CCC(=O)N1CCCCC1C(=O)Nc1ccc(N(C)C(C)=O)cc1. The van der Waals surface area contributed by atoms with Crippen LogP contribution >= 0.6 is 0 Å². The van der Waals surface area contributed by atoms with Crippen LogP contribution < -0.4 is 10.2 Å². The summed E-state index contributed by atoms with van der Waals surface area (Å²) in [6.45, 7) is 3.96. The maximum atomic E-state index is 12.6. The van der Waals surface area contributed by atoms with E-state index in [1.165, 1.54) is 11.8 Å². The zero-order valence-corrected chi connectivity index (χ0v) is 14.5. The van der Waals surface area contributed by atoms with Gasteiger partial charge >= 0.3 is 0 Å². The van der Waals surface area contributed by atoms with Gasteiger partial charge < -0.3 is 15.1 Å². The number of piperidine rings is 1. The van der Waals surface area contributed by atoms with E-state index >= 15 is 0 Å². The Morgan fingerprint density at radius 1 is 1.21 bits per heavy atom. The number of rotatable bonds is 4. The van der Waals surface area contributed by atoms with Gasteiger partial charge in [-0.15, -0.1) is 0 Å². The monoisotopic (exact) mass is 331 g/mol. The quantitative estimate of drug-likeness (QED) is 0.921. The van der Waals surface area contributed by atoms with E-state index in [0.717, 1.165) is 18.5 Å². The normalized spacial score (nSPS) is 17.3. The van der Waals surface area contributed by atoms with Crippen LogP contribution in [0.4, 0.5) is 11.4 Å². The average molecular weight is 331 g/mol. The molecule has 3 amide bonds. The molecular formula is C18H25N3O3. The molecule has 1 unspecified atom stereocenters. The van der Waals surface area contributed by atoms with E-state index in [9.17, 15) is 14.4 Å². The Hall–Kier alpha value is -2.37. The second kappa shape index (κ2) is 7.95. The number of hydrogen-bond acceptors (Lipinski definition) is 3. The van der Waals surface area contributed by atoms with Crippen LogP contribution in [0.2, 0.25) is 0 Å². The van der Waals surface area contributed by atoms with E-state index in [1.807, 2.05) is 6.92 Å². The molecule has 24 heavy (non-hydrogen) atoms. The first kappa shape index (κ1) is 18.0. The molecule has 0 aromatic heterocycles. The van der Waals surface area contributed by atoms with Gasteiger partial charge in [0, 0.05) is 38.3 Å². The minimum atomic E-state index is -0.397. The summed E-state index contributed by atoms with van der Waals surface area (Å²) in [7, 11) is 1.70. The Kier molecular flexibility index (Phi) is 5.95. The molecule has 2 rings (SSSR count). The molecule has 1 aliphatic heterocycles. The molecule has 6 heteroatoms. The molecule has 1 aromatic carbocycles. The number of carbonyl (C=O) groups is 3. The van der Waals surface area contributed by atoms with Crippen molar-refractivity contribution in [3.8, 4) is 0 Å². The molecule has 0 spiro atoms. The zero-order chi connectivity index (χ0) is 17.7. The van der Waals surface area contributed by atoms with E-state index in [1.54, 1.807) is 36.2 Å². The van der Waals surface area contributed by atoms with Gasteiger partial charge in [0.1, 0.15) is 6.04 Å². The highest BCUT2D eigenvalue weighted by molar-refractivity contribution is 5.97. The predicted molar refractivity (Wildman–Crippen MR) is 93.8 cm³/mol. The van der Waals surface area contributed by atoms with Gasteiger partial charge in [0.15, 0.2) is 0 Å². The lowest BCUT2D eigenvalue weighted by Crippen LogP contribution is -2.49. The first-order chi connectivity index (χ1) is 11.4. The smallest absolute Gasteiger partial charge is 0.247 e. The number of nitrogens with zero attached hydrogens (tertiary/aromatic N) is 2. The molecule has 6 nitrogen and oxygen atoms in total. The molecule has 1 aromatic rings. The summed E-state index contributed by atoms with van der Waals surface area (Å²) >= 11 is 0. The third-order valence-electron chi connectivity index (χ3n) is 4.42. The van der Waals surface area contributed by atoms with Gasteiger partial charge in [-0.2, -0.15) is 0 Å². The number of carbonyl (C=O) groups excluding carboxylic acids is 3. The van der Waals surface area contributed by atoms with Crippen LogP contribution in [-0.2, 0) is 14.4 Å². The van der Waals surface area contributed by atoms with E-state index in [2.05, 4.69) is 5.32 Å². The molecule has 0 radical (unpaired) electrons. The van der Waals surface area contributed by atoms with Crippen molar-refractivity contribution in [3.05, 3.63) is 24.3 Å². The highest BCUT2D eigenvalue weighted by Crippen LogP contribution is 2.21. The molecule has 130 valence electrons. The van der Waals surface area contributed by atoms with Gasteiger partial charge in [-0.3, -0.25) is 14.4 Å². The number of amides is 3. The maximum absolute atomic E-state index is 12.6. The summed E-state index contributed by atoms with van der Waals surface area (Å²) in [5, 5.41) is 2.88. The van der Waals surface area contributed by atoms with E-state index < -0.39 is 6.04 Å². The molecule has 0 aliphatic carbocycles. The molecule has 1 atom stereocenters. The van der Waals surface area contributed by atoms with Gasteiger partial charge in [0.25, 0.3) is 0 Å². The number of likely N-dealkylation sites (tertiary alicyclic amines) is 1. The fraction of sp³-hybridized carbons (Fsp3) is 0.500. The van der Waals surface area contributed by atoms with Gasteiger partial charge in [-0.05, 0) is 43.5 Å². The lowest BCUT2D eigenvalue weighted by atomic mass is 10.0. The number of benzene rings is 1. The summed E-state index contributed by atoms with van der Waals surface area (Å²) in [6, 6.07) is 6.70. The number of anilines is 2.